The molecule has 0 saturated heterocycles. The number of fused-ring (bicyclic) bond motifs is 1. The van der Waals surface area contributed by atoms with Crippen molar-refractivity contribution < 1.29 is 24.0 Å². The molecule has 0 fully saturated rings. The van der Waals surface area contributed by atoms with Gasteiger partial charge in [-0.3, -0.25) is 0 Å². The Hall–Kier alpha value is -0.390. The van der Waals surface area contributed by atoms with Crippen LogP contribution in [0.2, 0.25) is 0 Å². The highest BCUT2D eigenvalue weighted by atomic mass is 32.1. The molecule has 0 aromatic carbocycles. The fraction of sp³-hybridized carbons (Fsp3) is 0.789. The Balaban J connectivity index is 1.94. The topological polar surface area (TPSA) is 68.2 Å². The monoisotopic (exact) mass is 404 g/mol. The van der Waals surface area contributed by atoms with Gasteiger partial charge in [0.1, 0.15) is 6.61 Å². The highest BCUT2D eigenvalue weighted by Gasteiger charge is 2.32. The van der Waals surface area contributed by atoms with Gasteiger partial charge in [-0.2, -0.15) is 0 Å². The van der Waals surface area contributed by atoms with Gasteiger partial charge < -0.3 is 24.0 Å². The fourth-order valence-electron chi connectivity index (χ4n) is 2.83. The normalized spacial score (nSPS) is 19.0. The summed E-state index contributed by atoms with van der Waals surface area (Å²) in [5.41, 5.74) is 0. The molecule has 2 heterocycles. The van der Waals surface area contributed by atoms with Gasteiger partial charge in [0.15, 0.2) is 26.0 Å². The van der Waals surface area contributed by atoms with Crippen LogP contribution in [-0.4, -0.2) is 41.9 Å². The molecular weight excluding hydrogens is 371 g/mol. The molecule has 26 heavy (non-hydrogen) atoms. The maximum absolute atomic E-state index is 8.90. The molecule has 1 aromatic heterocycles. The predicted molar refractivity (Wildman–Crippen MR) is 108 cm³/mol. The van der Waals surface area contributed by atoms with E-state index in [1.54, 1.807) is 0 Å². The largest absolute Gasteiger partial charge is 0.485 e. The van der Waals surface area contributed by atoms with Crippen molar-refractivity contribution in [3.05, 3.63) is 9.75 Å². The minimum absolute atomic E-state index is 0.0857. The quantitative estimate of drug-likeness (QED) is 0.401. The van der Waals surface area contributed by atoms with E-state index in [0.717, 1.165) is 37.2 Å². The van der Waals surface area contributed by atoms with Gasteiger partial charge >= 0.3 is 0 Å². The minimum atomic E-state index is -1.78. The van der Waals surface area contributed by atoms with E-state index in [1.807, 2.05) is 11.3 Å². The lowest BCUT2D eigenvalue weighted by Crippen LogP contribution is -2.33. The maximum Gasteiger partial charge on any atom is 0.176 e. The summed E-state index contributed by atoms with van der Waals surface area (Å²) in [5, 5.41) is 0. The smallest absolute Gasteiger partial charge is 0.176 e. The predicted octanol–water partition coefficient (Wildman–Crippen LogP) is 5.01. The zero-order valence-electron chi connectivity index (χ0n) is 16.4. The molecule has 2 rings (SSSR count). The third kappa shape index (κ3) is 5.80. The van der Waals surface area contributed by atoms with Crippen molar-refractivity contribution >= 4 is 19.7 Å². The first-order chi connectivity index (χ1) is 12.5. The SMILES string of the molecule is CCC(C)c1sc(C(C)CC)c2c1OCC(COCCCCP(O)O)O2. The van der Waals surface area contributed by atoms with Crippen molar-refractivity contribution in [1.82, 2.24) is 0 Å². The van der Waals surface area contributed by atoms with Gasteiger partial charge in [-0.05, 0) is 37.5 Å². The van der Waals surface area contributed by atoms with Gasteiger partial charge in [0.05, 0.1) is 16.4 Å². The number of hydrogen-bond donors (Lipinski definition) is 2. The van der Waals surface area contributed by atoms with Gasteiger partial charge in [-0.1, -0.05) is 27.7 Å². The van der Waals surface area contributed by atoms with Crippen LogP contribution < -0.4 is 9.47 Å². The molecule has 3 atom stereocenters. The zero-order valence-corrected chi connectivity index (χ0v) is 18.1. The molecule has 1 aromatic rings. The van der Waals surface area contributed by atoms with Gasteiger partial charge in [0.25, 0.3) is 0 Å². The fourth-order valence-corrected chi connectivity index (χ4v) is 4.79. The van der Waals surface area contributed by atoms with Gasteiger partial charge in [-0.25, -0.2) is 0 Å². The minimum Gasteiger partial charge on any atom is -0.485 e. The summed E-state index contributed by atoms with van der Waals surface area (Å²) in [6, 6.07) is 0. The van der Waals surface area contributed by atoms with E-state index in [0.29, 0.717) is 37.8 Å². The number of rotatable bonds is 11. The van der Waals surface area contributed by atoms with Crippen LogP contribution in [0.1, 0.15) is 75.0 Å². The molecule has 2 N–H and O–H groups in total. The second-order valence-electron chi connectivity index (χ2n) is 7.04. The maximum atomic E-state index is 8.90. The Morgan fingerprint density at radius 1 is 1.12 bits per heavy atom. The van der Waals surface area contributed by atoms with Gasteiger partial charge in [0, 0.05) is 12.8 Å². The van der Waals surface area contributed by atoms with Crippen LogP contribution in [0.25, 0.3) is 0 Å². The number of unbranched alkanes of at least 4 members (excludes halogenated alkanes) is 1. The Bertz CT molecular complexity index is 548. The van der Waals surface area contributed by atoms with Crippen LogP contribution in [0.5, 0.6) is 11.5 Å². The summed E-state index contributed by atoms with van der Waals surface area (Å²) in [4.78, 5) is 20.4. The molecule has 0 bridgehead atoms. The van der Waals surface area contributed by atoms with E-state index in [1.165, 1.54) is 9.75 Å². The Morgan fingerprint density at radius 2 is 1.77 bits per heavy atom. The van der Waals surface area contributed by atoms with Crippen molar-refractivity contribution in [2.24, 2.45) is 0 Å². The van der Waals surface area contributed by atoms with Crippen molar-refractivity contribution in [1.29, 1.82) is 0 Å². The molecule has 0 amide bonds. The summed E-state index contributed by atoms with van der Waals surface area (Å²) in [7, 11) is -1.78. The third-order valence-electron chi connectivity index (χ3n) is 4.89. The van der Waals surface area contributed by atoms with Crippen LogP contribution in [0, 0.1) is 0 Å². The number of ether oxygens (including phenoxy) is 3. The molecule has 0 spiro atoms. The molecule has 3 unspecified atom stereocenters. The Kier molecular flexibility index (Phi) is 9.11. The average molecular weight is 405 g/mol. The van der Waals surface area contributed by atoms with E-state index in [2.05, 4.69) is 27.7 Å². The Morgan fingerprint density at radius 3 is 2.38 bits per heavy atom. The highest BCUT2D eigenvalue weighted by molar-refractivity contribution is 7.45. The summed E-state index contributed by atoms with van der Waals surface area (Å²) in [6.45, 7) is 10.5. The zero-order chi connectivity index (χ0) is 19.1. The molecule has 1 aliphatic rings. The van der Waals surface area contributed by atoms with Gasteiger partial charge in [0.2, 0.25) is 0 Å². The summed E-state index contributed by atoms with van der Waals surface area (Å²) in [5.74, 6) is 2.83. The molecule has 0 saturated carbocycles. The van der Waals surface area contributed by atoms with Crippen LogP contribution in [0.4, 0.5) is 0 Å². The number of hydrogen-bond acceptors (Lipinski definition) is 6. The standard InChI is InChI=1S/C19H33O5PS/c1-5-13(3)18-16-17(19(26-18)14(4)6-2)24-15(12-23-16)11-22-9-7-8-10-25(20)21/h13-15,20-21H,5-12H2,1-4H3. The summed E-state index contributed by atoms with van der Waals surface area (Å²) < 4.78 is 18.1. The lowest BCUT2D eigenvalue weighted by atomic mass is 10.0. The molecular formula is C19H33O5PS. The molecule has 5 nitrogen and oxygen atoms in total. The Labute approximate surface area is 162 Å². The van der Waals surface area contributed by atoms with Crippen molar-refractivity contribution in [2.75, 3.05) is 26.0 Å². The van der Waals surface area contributed by atoms with E-state index in [9.17, 15) is 0 Å². The summed E-state index contributed by atoms with van der Waals surface area (Å²) in [6.07, 6.45) is 4.13. The first-order valence-electron chi connectivity index (χ1n) is 9.66. The van der Waals surface area contributed by atoms with E-state index in [-0.39, 0.29) is 6.10 Å². The second-order valence-corrected chi connectivity index (χ2v) is 9.31. The van der Waals surface area contributed by atoms with Crippen molar-refractivity contribution in [3.63, 3.8) is 0 Å². The lowest BCUT2D eigenvalue weighted by Gasteiger charge is -2.27. The van der Waals surface area contributed by atoms with E-state index in [4.69, 9.17) is 24.0 Å². The molecule has 150 valence electrons. The van der Waals surface area contributed by atoms with Crippen molar-refractivity contribution in [3.8, 4) is 11.5 Å². The van der Waals surface area contributed by atoms with Crippen LogP contribution in [0.15, 0.2) is 0 Å². The molecule has 7 heteroatoms. The lowest BCUT2D eigenvalue weighted by molar-refractivity contribution is 0.00762. The second kappa shape index (κ2) is 10.8. The average Bonchev–Trinajstić information content (AvgIpc) is 3.02. The van der Waals surface area contributed by atoms with Crippen LogP contribution in [0.3, 0.4) is 0 Å². The first kappa shape index (κ1) is 21.9. The molecule has 1 aliphatic heterocycles. The van der Waals surface area contributed by atoms with Crippen molar-refractivity contribution in [2.45, 2.75) is 71.3 Å². The highest BCUT2D eigenvalue weighted by Crippen LogP contribution is 2.51. The van der Waals surface area contributed by atoms with E-state index >= 15 is 0 Å². The molecule has 0 radical (unpaired) electrons. The third-order valence-corrected chi connectivity index (χ3v) is 7.22. The first-order valence-corrected chi connectivity index (χ1v) is 11.9. The van der Waals surface area contributed by atoms with Crippen LogP contribution in [-0.2, 0) is 4.74 Å². The summed E-state index contributed by atoms with van der Waals surface area (Å²) >= 11 is 1.84. The molecule has 0 aliphatic carbocycles. The van der Waals surface area contributed by atoms with Gasteiger partial charge in [-0.15, -0.1) is 11.3 Å². The number of thiophene rings is 1. The van der Waals surface area contributed by atoms with E-state index < -0.39 is 8.38 Å². The van der Waals surface area contributed by atoms with Crippen LogP contribution >= 0.6 is 19.7 Å².